The standard InChI is InChI=1S/C40H46O6/c1-3-43-39(41)35-17-13-31(14-18-35)33-21-25-37(26-22-33)45-29-11-9-7-5-6-8-10-12-30-46-38-27-23-34(24-28-38)32-15-19-36(20-16-32)40(42)44-4-2/h13-28H,3-12,29-30H2,1-2H3. The summed E-state index contributed by atoms with van der Waals surface area (Å²) >= 11 is 0. The Morgan fingerprint density at radius 3 is 1.00 bits per heavy atom. The quantitative estimate of drug-likeness (QED) is 0.0766. The molecule has 0 spiro atoms. The monoisotopic (exact) mass is 622 g/mol. The van der Waals surface area contributed by atoms with Crippen molar-refractivity contribution < 1.29 is 28.5 Å². The van der Waals surface area contributed by atoms with Crippen molar-refractivity contribution in [1.82, 2.24) is 0 Å². The van der Waals surface area contributed by atoms with E-state index in [0.29, 0.717) is 24.3 Å². The van der Waals surface area contributed by atoms with Crippen LogP contribution in [0.15, 0.2) is 97.1 Å². The van der Waals surface area contributed by atoms with Crippen molar-refractivity contribution in [2.24, 2.45) is 0 Å². The number of rotatable bonds is 19. The molecule has 242 valence electrons. The fourth-order valence-corrected chi connectivity index (χ4v) is 5.16. The van der Waals surface area contributed by atoms with Gasteiger partial charge in [0.2, 0.25) is 0 Å². The van der Waals surface area contributed by atoms with Gasteiger partial charge in [-0.2, -0.15) is 0 Å². The Morgan fingerprint density at radius 2 is 0.696 bits per heavy atom. The molecule has 0 unspecified atom stereocenters. The number of hydrogen-bond acceptors (Lipinski definition) is 6. The van der Waals surface area contributed by atoms with Crippen molar-refractivity contribution in [3.8, 4) is 33.8 Å². The first-order chi connectivity index (χ1) is 22.6. The van der Waals surface area contributed by atoms with E-state index in [2.05, 4.69) is 0 Å². The van der Waals surface area contributed by atoms with E-state index in [-0.39, 0.29) is 11.9 Å². The Hall–Kier alpha value is -4.58. The summed E-state index contributed by atoms with van der Waals surface area (Å²) in [6, 6.07) is 31.2. The molecule has 4 aromatic carbocycles. The lowest BCUT2D eigenvalue weighted by Crippen LogP contribution is -2.03. The molecule has 0 saturated carbocycles. The van der Waals surface area contributed by atoms with Gasteiger partial charge in [0.15, 0.2) is 0 Å². The van der Waals surface area contributed by atoms with Crippen LogP contribution in [0.25, 0.3) is 22.3 Å². The third-order valence-corrected chi connectivity index (χ3v) is 7.74. The highest BCUT2D eigenvalue weighted by atomic mass is 16.5. The van der Waals surface area contributed by atoms with E-state index in [4.69, 9.17) is 18.9 Å². The van der Waals surface area contributed by atoms with Crippen LogP contribution in [0.2, 0.25) is 0 Å². The summed E-state index contributed by atoms with van der Waals surface area (Å²) in [5.41, 5.74) is 5.40. The molecule has 0 amide bonds. The SMILES string of the molecule is CCOC(=O)c1ccc(-c2ccc(OCCCCCCCCCCOc3ccc(-c4ccc(C(=O)OCC)cc4)cc3)cc2)cc1. The first-order valence-electron chi connectivity index (χ1n) is 16.6. The normalized spacial score (nSPS) is 10.7. The minimum atomic E-state index is -0.294. The van der Waals surface area contributed by atoms with E-state index in [1.807, 2.05) is 72.8 Å². The van der Waals surface area contributed by atoms with Crippen LogP contribution in [0, 0.1) is 0 Å². The van der Waals surface area contributed by atoms with Crippen LogP contribution in [0.1, 0.15) is 85.9 Å². The number of hydrogen-bond donors (Lipinski definition) is 0. The van der Waals surface area contributed by atoms with Crippen LogP contribution in [0.5, 0.6) is 11.5 Å². The molecular formula is C40H46O6. The Kier molecular flexibility index (Phi) is 14.2. The molecule has 0 atom stereocenters. The maximum absolute atomic E-state index is 11.8. The zero-order valence-corrected chi connectivity index (χ0v) is 27.2. The van der Waals surface area contributed by atoms with Gasteiger partial charge in [-0.05, 0) is 97.5 Å². The van der Waals surface area contributed by atoms with E-state index in [1.54, 1.807) is 38.1 Å². The Balaban J connectivity index is 1.00. The van der Waals surface area contributed by atoms with Gasteiger partial charge in [0.1, 0.15) is 11.5 Å². The molecule has 0 fully saturated rings. The molecular weight excluding hydrogens is 576 g/mol. The third-order valence-electron chi connectivity index (χ3n) is 7.74. The van der Waals surface area contributed by atoms with Crippen molar-refractivity contribution in [1.29, 1.82) is 0 Å². The van der Waals surface area contributed by atoms with Gasteiger partial charge in [-0.3, -0.25) is 0 Å². The maximum atomic E-state index is 11.8. The average Bonchev–Trinajstić information content (AvgIpc) is 3.09. The molecule has 0 aromatic heterocycles. The fourth-order valence-electron chi connectivity index (χ4n) is 5.16. The number of esters is 2. The van der Waals surface area contributed by atoms with Gasteiger partial charge < -0.3 is 18.9 Å². The number of benzene rings is 4. The maximum Gasteiger partial charge on any atom is 0.338 e. The second-order valence-electron chi connectivity index (χ2n) is 11.2. The molecule has 0 saturated heterocycles. The van der Waals surface area contributed by atoms with Crippen LogP contribution in [-0.4, -0.2) is 38.4 Å². The molecule has 4 aromatic rings. The third kappa shape index (κ3) is 11.1. The van der Waals surface area contributed by atoms with Gasteiger partial charge >= 0.3 is 11.9 Å². The predicted molar refractivity (Wildman–Crippen MR) is 184 cm³/mol. The van der Waals surface area contributed by atoms with Crippen molar-refractivity contribution in [2.45, 2.75) is 65.2 Å². The van der Waals surface area contributed by atoms with Crippen LogP contribution in [0.4, 0.5) is 0 Å². The molecule has 0 radical (unpaired) electrons. The number of carbonyl (C=O) groups is 2. The smallest absolute Gasteiger partial charge is 0.338 e. The van der Waals surface area contributed by atoms with E-state index >= 15 is 0 Å². The zero-order chi connectivity index (χ0) is 32.4. The molecule has 0 aliphatic carbocycles. The van der Waals surface area contributed by atoms with Crippen LogP contribution < -0.4 is 9.47 Å². The zero-order valence-electron chi connectivity index (χ0n) is 27.2. The number of unbranched alkanes of at least 4 members (excludes halogenated alkanes) is 7. The highest BCUT2D eigenvalue weighted by molar-refractivity contribution is 5.90. The minimum absolute atomic E-state index is 0.294. The van der Waals surface area contributed by atoms with Gasteiger partial charge in [0.25, 0.3) is 0 Å². The molecule has 0 N–H and O–H groups in total. The summed E-state index contributed by atoms with van der Waals surface area (Å²) in [5, 5.41) is 0. The molecule has 4 rings (SSSR count). The summed E-state index contributed by atoms with van der Waals surface area (Å²) in [5.74, 6) is 1.18. The van der Waals surface area contributed by atoms with Crippen molar-refractivity contribution >= 4 is 11.9 Å². The first kappa shape index (κ1) is 34.3. The second kappa shape index (κ2) is 19.1. The van der Waals surface area contributed by atoms with E-state index < -0.39 is 0 Å². The van der Waals surface area contributed by atoms with Gasteiger partial charge in [-0.15, -0.1) is 0 Å². The van der Waals surface area contributed by atoms with Gasteiger partial charge in [-0.25, -0.2) is 9.59 Å². The van der Waals surface area contributed by atoms with E-state index in [9.17, 15) is 9.59 Å². The molecule has 0 aliphatic heterocycles. The summed E-state index contributed by atoms with van der Waals surface area (Å²) in [6.07, 6.45) is 9.46. The van der Waals surface area contributed by atoms with Gasteiger partial charge in [0, 0.05) is 0 Å². The molecule has 0 bridgehead atoms. The first-order valence-corrected chi connectivity index (χ1v) is 16.6. The number of carbonyl (C=O) groups excluding carboxylic acids is 2. The average molecular weight is 623 g/mol. The number of ether oxygens (including phenoxy) is 4. The van der Waals surface area contributed by atoms with Crippen molar-refractivity contribution in [3.05, 3.63) is 108 Å². The summed E-state index contributed by atoms with van der Waals surface area (Å²) < 4.78 is 22.0. The summed E-state index contributed by atoms with van der Waals surface area (Å²) in [6.45, 7) is 5.82. The van der Waals surface area contributed by atoms with E-state index in [0.717, 1.165) is 59.8 Å². The highest BCUT2D eigenvalue weighted by Gasteiger charge is 2.08. The second-order valence-corrected chi connectivity index (χ2v) is 11.2. The fraction of sp³-hybridized carbons (Fsp3) is 0.350. The molecule has 0 aliphatic rings. The molecule has 46 heavy (non-hydrogen) atoms. The molecule has 6 nitrogen and oxygen atoms in total. The van der Waals surface area contributed by atoms with Crippen LogP contribution in [-0.2, 0) is 9.47 Å². The minimum Gasteiger partial charge on any atom is -0.494 e. The van der Waals surface area contributed by atoms with Crippen LogP contribution >= 0.6 is 0 Å². The topological polar surface area (TPSA) is 71.1 Å². The molecule has 0 heterocycles. The van der Waals surface area contributed by atoms with Gasteiger partial charge in [-0.1, -0.05) is 87.1 Å². The van der Waals surface area contributed by atoms with Crippen molar-refractivity contribution in [3.63, 3.8) is 0 Å². The largest absolute Gasteiger partial charge is 0.494 e. The lowest BCUT2D eigenvalue weighted by molar-refractivity contribution is 0.0517. The predicted octanol–water partition coefficient (Wildman–Crippen LogP) is 9.95. The highest BCUT2D eigenvalue weighted by Crippen LogP contribution is 2.25. The Bertz CT molecular complexity index is 1340. The lowest BCUT2D eigenvalue weighted by atomic mass is 10.0. The van der Waals surface area contributed by atoms with Crippen molar-refractivity contribution in [2.75, 3.05) is 26.4 Å². The summed E-state index contributed by atoms with van der Waals surface area (Å²) in [7, 11) is 0. The molecule has 6 heteroatoms. The Labute approximate surface area is 273 Å². The van der Waals surface area contributed by atoms with Gasteiger partial charge in [0.05, 0.1) is 37.6 Å². The van der Waals surface area contributed by atoms with E-state index in [1.165, 1.54) is 38.5 Å². The van der Waals surface area contributed by atoms with Crippen LogP contribution in [0.3, 0.4) is 0 Å². The summed E-state index contributed by atoms with van der Waals surface area (Å²) in [4.78, 5) is 23.7. The Morgan fingerprint density at radius 1 is 0.413 bits per heavy atom. The lowest BCUT2D eigenvalue weighted by Gasteiger charge is -2.09.